The van der Waals surface area contributed by atoms with Crippen molar-refractivity contribution in [3.8, 4) is 5.75 Å². The van der Waals surface area contributed by atoms with Crippen LogP contribution < -0.4 is 10.1 Å². The number of imidazole rings is 1. The highest BCUT2D eigenvalue weighted by Gasteiger charge is 2.11. The van der Waals surface area contributed by atoms with Gasteiger partial charge in [-0.2, -0.15) is 0 Å². The van der Waals surface area contributed by atoms with Gasteiger partial charge in [-0.25, -0.2) is 4.98 Å². The minimum Gasteiger partial charge on any atom is -0.491 e. The maximum absolute atomic E-state index is 5.96. The summed E-state index contributed by atoms with van der Waals surface area (Å²) in [5.74, 6) is 0.939. The lowest BCUT2D eigenvalue weighted by Crippen LogP contribution is -2.20. The summed E-state index contributed by atoms with van der Waals surface area (Å²) in [5.41, 5.74) is 1.18. The summed E-state index contributed by atoms with van der Waals surface area (Å²) in [5, 5.41) is 3.50. The van der Waals surface area contributed by atoms with Gasteiger partial charge in [0.15, 0.2) is 0 Å². The Morgan fingerprint density at radius 3 is 3.00 bits per heavy atom. The first kappa shape index (κ1) is 16.0. The van der Waals surface area contributed by atoms with Gasteiger partial charge in [-0.3, -0.25) is 0 Å². The molecule has 0 saturated heterocycles. The molecule has 0 fully saturated rings. The average molecular weight is 352 g/mol. The Hall–Kier alpha value is -1.33. The molecule has 0 spiro atoms. The normalized spacial score (nSPS) is 12.3. The second-order valence-electron chi connectivity index (χ2n) is 5.01. The standard InChI is InChI=1S/C16H22BrN3O/c1-3-6-19-13(2)15-11-14(17)4-5-16(15)21-10-9-20-8-7-18-12-20/h4-5,7-8,11-13,19H,3,6,9-10H2,1-2H3. The van der Waals surface area contributed by atoms with Gasteiger partial charge in [0.1, 0.15) is 12.4 Å². The molecule has 0 aliphatic rings. The maximum atomic E-state index is 5.96. The number of hydrogen-bond donors (Lipinski definition) is 1. The second-order valence-corrected chi connectivity index (χ2v) is 5.92. The molecule has 1 aromatic heterocycles. The fraction of sp³-hybridized carbons (Fsp3) is 0.438. The molecule has 1 unspecified atom stereocenters. The van der Waals surface area contributed by atoms with Crippen LogP contribution in [0.3, 0.4) is 0 Å². The molecule has 0 aliphatic heterocycles. The first-order valence-corrected chi connectivity index (χ1v) is 8.11. The largest absolute Gasteiger partial charge is 0.491 e. The number of aromatic nitrogens is 2. The zero-order valence-corrected chi connectivity index (χ0v) is 14.1. The van der Waals surface area contributed by atoms with Crippen LogP contribution in [-0.2, 0) is 6.54 Å². The monoisotopic (exact) mass is 351 g/mol. The summed E-state index contributed by atoms with van der Waals surface area (Å²) in [6, 6.07) is 6.44. The minimum atomic E-state index is 0.269. The average Bonchev–Trinajstić information content (AvgIpc) is 2.99. The SMILES string of the molecule is CCCNC(C)c1cc(Br)ccc1OCCn1ccnc1. The smallest absolute Gasteiger partial charge is 0.124 e. The van der Waals surface area contributed by atoms with Crippen molar-refractivity contribution in [2.24, 2.45) is 0 Å². The van der Waals surface area contributed by atoms with Crippen molar-refractivity contribution in [2.75, 3.05) is 13.2 Å². The molecular weight excluding hydrogens is 330 g/mol. The lowest BCUT2D eigenvalue weighted by atomic mass is 10.1. The molecule has 5 heteroatoms. The van der Waals surface area contributed by atoms with Gasteiger partial charge in [0.05, 0.1) is 12.9 Å². The molecule has 0 aliphatic carbocycles. The molecule has 1 aromatic carbocycles. The van der Waals surface area contributed by atoms with E-state index in [1.54, 1.807) is 12.5 Å². The number of rotatable bonds is 8. The van der Waals surface area contributed by atoms with Gasteiger partial charge in [0.2, 0.25) is 0 Å². The molecule has 0 amide bonds. The molecule has 2 aromatic rings. The Kier molecular flexibility index (Phi) is 6.26. The Morgan fingerprint density at radius 1 is 1.43 bits per heavy atom. The van der Waals surface area contributed by atoms with Crippen LogP contribution in [0.1, 0.15) is 31.9 Å². The van der Waals surface area contributed by atoms with Gasteiger partial charge in [-0.15, -0.1) is 0 Å². The van der Waals surface area contributed by atoms with Crippen LogP contribution in [0.15, 0.2) is 41.4 Å². The van der Waals surface area contributed by atoms with Crippen molar-refractivity contribution in [1.29, 1.82) is 0 Å². The van der Waals surface area contributed by atoms with Crippen LogP contribution in [-0.4, -0.2) is 22.7 Å². The van der Waals surface area contributed by atoms with Gasteiger partial charge < -0.3 is 14.6 Å². The van der Waals surface area contributed by atoms with E-state index in [4.69, 9.17) is 4.74 Å². The van der Waals surface area contributed by atoms with Crippen molar-refractivity contribution in [1.82, 2.24) is 14.9 Å². The fourth-order valence-electron chi connectivity index (χ4n) is 2.14. The number of hydrogen-bond acceptors (Lipinski definition) is 3. The van der Waals surface area contributed by atoms with Crippen LogP contribution in [0.2, 0.25) is 0 Å². The van der Waals surface area contributed by atoms with E-state index in [1.807, 2.05) is 22.9 Å². The van der Waals surface area contributed by atoms with E-state index in [0.29, 0.717) is 6.61 Å². The van der Waals surface area contributed by atoms with Gasteiger partial charge in [-0.1, -0.05) is 22.9 Å². The van der Waals surface area contributed by atoms with Crippen molar-refractivity contribution in [3.05, 3.63) is 47.0 Å². The highest BCUT2D eigenvalue weighted by Crippen LogP contribution is 2.28. The third kappa shape index (κ3) is 4.86. The molecule has 0 radical (unpaired) electrons. The predicted molar refractivity (Wildman–Crippen MR) is 88.6 cm³/mol. The zero-order chi connectivity index (χ0) is 15.1. The van der Waals surface area contributed by atoms with Gasteiger partial charge in [-0.05, 0) is 38.1 Å². The Morgan fingerprint density at radius 2 is 2.29 bits per heavy atom. The number of nitrogens with one attached hydrogen (secondary N) is 1. The van der Waals surface area contributed by atoms with E-state index >= 15 is 0 Å². The van der Waals surface area contributed by atoms with Crippen molar-refractivity contribution in [2.45, 2.75) is 32.9 Å². The summed E-state index contributed by atoms with van der Waals surface area (Å²) >= 11 is 3.54. The first-order valence-electron chi connectivity index (χ1n) is 7.32. The molecule has 1 N–H and O–H groups in total. The number of halogens is 1. The molecule has 4 nitrogen and oxygen atoms in total. The first-order chi connectivity index (χ1) is 10.2. The fourth-order valence-corrected chi connectivity index (χ4v) is 2.52. The third-order valence-corrected chi connectivity index (χ3v) is 3.80. The number of benzene rings is 1. The van der Waals surface area contributed by atoms with Gasteiger partial charge in [0.25, 0.3) is 0 Å². The molecular formula is C16H22BrN3O. The highest BCUT2D eigenvalue weighted by molar-refractivity contribution is 9.10. The summed E-state index contributed by atoms with van der Waals surface area (Å²) in [7, 11) is 0. The van der Waals surface area contributed by atoms with Crippen LogP contribution in [0.25, 0.3) is 0 Å². The lowest BCUT2D eigenvalue weighted by molar-refractivity contribution is 0.292. The van der Waals surface area contributed by atoms with Gasteiger partial charge in [0, 0.05) is 28.5 Å². The van der Waals surface area contributed by atoms with Gasteiger partial charge >= 0.3 is 0 Å². The molecule has 0 bridgehead atoms. The van der Waals surface area contributed by atoms with Crippen molar-refractivity contribution < 1.29 is 4.74 Å². The molecule has 1 atom stereocenters. The number of ether oxygens (including phenoxy) is 1. The van der Waals surface area contributed by atoms with Crippen LogP contribution in [0, 0.1) is 0 Å². The molecule has 21 heavy (non-hydrogen) atoms. The molecule has 2 rings (SSSR count). The van der Waals surface area contributed by atoms with E-state index in [2.05, 4.69) is 46.1 Å². The number of nitrogens with zero attached hydrogens (tertiary/aromatic N) is 2. The van der Waals surface area contributed by atoms with Crippen molar-refractivity contribution in [3.63, 3.8) is 0 Å². The van der Waals surface area contributed by atoms with Crippen LogP contribution in [0.4, 0.5) is 0 Å². The summed E-state index contributed by atoms with van der Waals surface area (Å²) in [6.07, 6.45) is 6.64. The predicted octanol–water partition coefficient (Wildman–Crippen LogP) is 3.79. The Bertz CT molecular complexity index is 542. The highest BCUT2D eigenvalue weighted by atomic mass is 79.9. The quantitative estimate of drug-likeness (QED) is 0.786. The Labute approximate surface area is 134 Å². The van der Waals surface area contributed by atoms with E-state index in [9.17, 15) is 0 Å². The topological polar surface area (TPSA) is 39.1 Å². The second kappa shape index (κ2) is 8.20. The van der Waals surface area contributed by atoms with E-state index in [0.717, 1.165) is 29.7 Å². The third-order valence-electron chi connectivity index (χ3n) is 3.31. The summed E-state index contributed by atoms with van der Waals surface area (Å²) in [6.45, 7) is 6.77. The molecule has 114 valence electrons. The van der Waals surface area contributed by atoms with E-state index < -0.39 is 0 Å². The summed E-state index contributed by atoms with van der Waals surface area (Å²) < 4.78 is 9.04. The molecule has 0 saturated carbocycles. The molecule has 1 heterocycles. The van der Waals surface area contributed by atoms with E-state index in [1.165, 1.54) is 5.56 Å². The zero-order valence-electron chi connectivity index (χ0n) is 12.6. The minimum absolute atomic E-state index is 0.269. The Balaban J connectivity index is 2.00. The van der Waals surface area contributed by atoms with Crippen LogP contribution in [0.5, 0.6) is 5.75 Å². The maximum Gasteiger partial charge on any atom is 0.124 e. The van der Waals surface area contributed by atoms with Crippen molar-refractivity contribution >= 4 is 15.9 Å². The summed E-state index contributed by atoms with van der Waals surface area (Å²) in [4.78, 5) is 4.03. The van der Waals surface area contributed by atoms with Crippen LogP contribution >= 0.6 is 15.9 Å². The lowest BCUT2D eigenvalue weighted by Gasteiger charge is -2.18. The van der Waals surface area contributed by atoms with E-state index in [-0.39, 0.29) is 6.04 Å².